The lowest BCUT2D eigenvalue weighted by Crippen LogP contribution is -2.33. The van der Waals surface area contributed by atoms with Crippen LogP contribution in [0.5, 0.6) is 34.5 Å². The fraction of sp³-hybridized carbons (Fsp3) is 0.259. The monoisotopic (exact) mass is 477 g/mol. The number of benzene rings is 3. The summed E-state index contributed by atoms with van der Waals surface area (Å²) in [5.41, 5.74) is 0.712. The molecule has 0 aliphatic carbocycles. The van der Waals surface area contributed by atoms with E-state index in [9.17, 15) is 15.3 Å². The van der Waals surface area contributed by atoms with E-state index in [4.69, 9.17) is 9.47 Å². The van der Waals surface area contributed by atoms with Gasteiger partial charge in [0.25, 0.3) is 0 Å². The van der Waals surface area contributed by atoms with Crippen LogP contribution in [0.4, 0.5) is 0 Å². The van der Waals surface area contributed by atoms with Crippen LogP contribution in [0.25, 0.3) is 20.5 Å². The van der Waals surface area contributed by atoms with Crippen molar-refractivity contribution in [1.82, 2.24) is 4.90 Å². The molecule has 0 radical (unpaired) electrons. The molecule has 3 aromatic carbocycles. The molecule has 176 valence electrons. The van der Waals surface area contributed by atoms with Gasteiger partial charge < -0.3 is 24.8 Å². The third kappa shape index (κ3) is 4.90. The summed E-state index contributed by atoms with van der Waals surface area (Å²) in [5.74, 6) is 1.87. The second-order valence-corrected chi connectivity index (χ2v) is 9.52. The molecule has 0 bridgehead atoms. The molecule has 3 N–H and O–H groups in total. The minimum Gasteiger partial charge on any atom is -0.508 e. The predicted octanol–water partition coefficient (Wildman–Crippen LogP) is 6.34. The van der Waals surface area contributed by atoms with Crippen molar-refractivity contribution < 1.29 is 24.8 Å². The predicted molar refractivity (Wildman–Crippen MR) is 135 cm³/mol. The number of piperidine rings is 1. The van der Waals surface area contributed by atoms with Gasteiger partial charge in [0.05, 0.1) is 4.88 Å². The van der Waals surface area contributed by atoms with Gasteiger partial charge in [-0.15, -0.1) is 11.3 Å². The van der Waals surface area contributed by atoms with E-state index in [0.29, 0.717) is 23.7 Å². The Hall–Kier alpha value is -3.42. The van der Waals surface area contributed by atoms with Gasteiger partial charge in [0, 0.05) is 16.6 Å². The number of thiophene rings is 1. The molecule has 1 aliphatic heterocycles. The average Bonchev–Trinajstić information content (AvgIpc) is 3.20. The molecule has 1 saturated heterocycles. The van der Waals surface area contributed by atoms with E-state index in [1.165, 1.54) is 42.7 Å². The maximum Gasteiger partial charge on any atom is 0.158 e. The van der Waals surface area contributed by atoms with Gasteiger partial charge in [-0.3, -0.25) is 4.90 Å². The zero-order valence-corrected chi connectivity index (χ0v) is 19.6. The van der Waals surface area contributed by atoms with E-state index in [0.717, 1.165) is 40.3 Å². The van der Waals surface area contributed by atoms with Crippen LogP contribution in [0.2, 0.25) is 0 Å². The highest BCUT2D eigenvalue weighted by atomic mass is 32.1. The molecule has 0 spiro atoms. The van der Waals surface area contributed by atoms with Crippen molar-refractivity contribution in [2.45, 2.75) is 19.3 Å². The van der Waals surface area contributed by atoms with Crippen molar-refractivity contribution in [3.8, 4) is 44.9 Å². The van der Waals surface area contributed by atoms with E-state index < -0.39 is 0 Å². The highest BCUT2D eigenvalue weighted by molar-refractivity contribution is 7.22. The largest absolute Gasteiger partial charge is 0.508 e. The second kappa shape index (κ2) is 9.83. The highest BCUT2D eigenvalue weighted by Crippen LogP contribution is 2.48. The third-order valence-corrected chi connectivity index (χ3v) is 7.22. The Kier molecular flexibility index (Phi) is 6.47. The van der Waals surface area contributed by atoms with E-state index in [1.54, 1.807) is 18.2 Å². The first-order valence-corrected chi connectivity index (χ1v) is 12.3. The van der Waals surface area contributed by atoms with Crippen molar-refractivity contribution in [3.05, 3.63) is 60.7 Å². The summed E-state index contributed by atoms with van der Waals surface area (Å²) >= 11 is 1.45. The molecule has 4 aromatic rings. The molecule has 7 heteroatoms. The maximum atomic E-state index is 10.0. The van der Waals surface area contributed by atoms with Crippen LogP contribution in [-0.4, -0.2) is 46.5 Å². The van der Waals surface area contributed by atoms with E-state index in [1.807, 2.05) is 30.3 Å². The number of rotatable bonds is 7. The maximum absolute atomic E-state index is 10.0. The zero-order valence-electron chi connectivity index (χ0n) is 18.7. The Labute approximate surface area is 202 Å². The topological polar surface area (TPSA) is 82.4 Å². The first-order chi connectivity index (χ1) is 16.6. The summed E-state index contributed by atoms with van der Waals surface area (Å²) < 4.78 is 13.1. The third-order valence-electron chi connectivity index (χ3n) is 6.03. The van der Waals surface area contributed by atoms with Crippen LogP contribution >= 0.6 is 11.3 Å². The Morgan fingerprint density at radius 3 is 2.32 bits per heavy atom. The number of likely N-dealkylation sites (tertiary alicyclic amines) is 1. The van der Waals surface area contributed by atoms with Crippen molar-refractivity contribution in [2.75, 3.05) is 26.2 Å². The molecule has 1 aliphatic rings. The molecule has 6 nitrogen and oxygen atoms in total. The smallest absolute Gasteiger partial charge is 0.158 e. The van der Waals surface area contributed by atoms with Crippen molar-refractivity contribution in [3.63, 3.8) is 0 Å². The number of hydrogen-bond acceptors (Lipinski definition) is 7. The standard InChI is InChI=1S/C27H27NO5S/c29-19-5-10-22-25(17-19)34-27(18-4-11-23(30)24(31)16-18)26(22)33-21-8-6-20(7-9-21)32-15-14-28-12-2-1-3-13-28/h4-11,16-17,29-31H,1-3,12-15H2. The van der Waals surface area contributed by atoms with Crippen LogP contribution in [0.15, 0.2) is 60.7 Å². The van der Waals surface area contributed by atoms with E-state index in [-0.39, 0.29) is 17.2 Å². The van der Waals surface area contributed by atoms with Crippen molar-refractivity contribution >= 4 is 21.4 Å². The van der Waals surface area contributed by atoms with Gasteiger partial charge in [-0.2, -0.15) is 0 Å². The molecule has 0 unspecified atom stereocenters. The van der Waals surface area contributed by atoms with Gasteiger partial charge in [0.1, 0.15) is 23.9 Å². The molecule has 5 rings (SSSR count). The number of hydrogen-bond donors (Lipinski definition) is 3. The number of ether oxygens (including phenoxy) is 2. The Morgan fingerprint density at radius 1 is 0.794 bits per heavy atom. The summed E-state index contributed by atoms with van der Waals surface area (Å²) in [6.07, 6.45) is 3.87. The van der Waals surface area contributed by atoms with Gasteiger partial charge in [-0.05, 0) is 92.2 Å². The first kappa shape index (κ1) is 22.4. The lowest BCUT2D eigenvalue weighted by Gasteiger charge is -2.26. The number of nitrogens with zero attached hydrogens (tertiary/aromatic N) is 1. The molecule has 1 fully saturated rings. The van der Waals surface area contributed by atoms with Crippen LogP contribution in [0, 0.1) is 0 Å². The number of fused-ring (bicyclic) bond motifs is 1. The zero-order chi connectivity index (χ0) is 23.5. The van der Waals surface area contributed by atoms with Gasteiger partial charge >= 0.3 is 0 Å². The van der Waals surface area contributed by atoms with Gasteiger partial charge in [0.2, 0.25) is 0 Å². The second-order valence-electron chi connectivity index (χ2n) is 8.47. The number of aromatic hydroxyl groups is 3. The molecular formula is C27H27NO5S. The highest BCUT2D eigenvalue weighted by Gasteiger charge is 2.18. The fourth-order valence-electron chi connectivity index (χ4n) is 4.22. The van der Waals surface area contributed by atoms with Crippen LogP contribution in [-0.2, 0) is 0 Å². The Morgan fingerprint density at radius 2 is 1.56 bits per heavy atom. The van der Waals surface area contributed by atoms with Crippen LogP contribution < -0.4 is 9.47 Å². The summed E-state index contributed by atoms with van der Waals surface area (Å²) in [7, 11) is 0. The lowest BCUT2D eigenvalue weighted by atomic mass is 10.1. The van der Waals surface area contributed by atoms with Gasteiger partial charge in [-0.25, -0.2) is 0 Å². The molecule has 0 amide bonds. The van der Waals surface area contributed by atoms with Gasteiger partial charge in [-0.1, -0.05) is 6.42 Å². The molecule has 34 heavy (non-hydrogen) atoms. The summed E-state index contributed by atoms with van der Waals surface area (Å²) in [6, 6.07) is 17.4. The number of phenolic OH excluding ortho intramolecular Hbond substituents is 3. The first-order valence-electron chi connectivity index (χ1n) is 11.5. The van der Waals surface area contributed by atoms with Gasteiger partial charge in [0.15, 0.2) is 17.2 Å². The average molecular weight is 478 g/mol. The van der Waals surface area contributed by atoms with E-state index >= 15 is 0 Å². The van der Waals surface area contributed by atoms with Crippen LogP contribution in [0.3, 0.4) is 0 Å². The van der Waals surface area contributed by atoms with Crippen molar-refractivity contribution in [1.29, 1.82) is 0 Å². The minimum absolute atomic E-state index is 0.173. The Bertz CT molecular complexity index is 1280. The fourth-order valence-corrected chi connectivity index (χ4v) is 5.37. The summed E-state index contributed by atoms with van der Waals surface area (Å²) in [6.45, 7) is 3.91. The Balaban J connectivity index is 1.36. The molecule has 0 saturated carbocycles. The summed E-state index contributed by atoms with van der Waals surface area (Å²) in [4.78, 5) is 3.24. The SMILES string of the molecule is Oc1ccc2c(Oc3ccc(OCCN4CCCCC4)cc3)c(-c3ccc(O)c(O)c3)sc2c1. The lowest BCUT2D eigenvalue weighted by molar-refractivity contribution is 0.183. The quantitative estimate of drug-likeness (QED) is 0.269. The van der Waals surface area contributed by atoms with E-state index in [2.05, 4.69) is 4.90 Å². The normalized spacial score (nSPS) is 14.4. The molecule has 0 atom stereocenters. The summed E-state index contributed by atoms with van der Waals surface area (Å²) in [5, 5.41) is 30.5. The molecule has 2 heterocycles. The van der Waals surface area contributed by atoms with Crippen molar-refractivity contribution in [2.24, 2.45) is 0 Å². The number of phenols is 3. The van der Waals surface area contributed by atoms with Crippen LogP contribution in [0.1, 0.15) is 19.3 Å². The molecule has 1 aromatic heterocycles. The molecular weight excluding hydrogens is 450 g/mol. The minimum atomic E-state index is -0.199.